The zero-order valence-corrected chi connectivity index (χ0v) is 8.38. The molecular weight excluding hydrogens is 170 g/mol. The minimum Gasteiger partial charge on any atom is -1.00 e. The fourth-order valence-corrected chi connectivity index (χ4v) is 0. The largest absolute Gasteiger partial charge is 1.00 e. The van der Waals surface area contributed by atoms with E-state index in [0.717, 1.165) is 0 Å². The normalized spacial score (nSPS) is 3.43. The molecule has 0 aromatic carbocycles. The van der Waals surface area contributed by atoms with Crippen LogP contribution >= 0.6 is 24.8 Å². The Labute approximate surface area is 97.2 Å². The van der Waals surface area contributed by atoms with E-state index < -0.39 is 6.16 Å². The maximum Gasteiger partial charge on any atom is 1.00 e. The van der Waals surface area contributed by atoms with Crippen LogP contribution in [0.4, 0.5) is 4.79 Å². The maximum atomic E-state index is 8.56. The van der Waals surface area contributed by atoms with Gasteiger partial charge in [-0.05, 0) is 0 Å². The number of rotatable bonds is 0. The first-order valence-corrected chi connectivity index (χ1v) is 0.651. The Hall–Kier alpha value is 1.49. The monoisotopic (exact) mass is 174 g/mol. The molecule has 0 aliphatic rings. The summed E-state index contributed by atoms with van der Waals surface area (Å²) in [6.07, 6.45) is -1.83. The molecule has 0 saturated heterocycles. The molecule has 0 aliphatic heterocycles. The third-order valence-corrected chi connectivity index (χ3v) is 0. The first-order chi connectivity index (χ1) is 1.73. The van der Waals surface area contributed by atoms with Gasteiger partial charge in [-0.15, -0.1) is 24.8 Å². The van der Waals surface area contributed by atoms with Crippen molar-refractivity contribution in [3.8, 4) is 0 Å². The van der Waals surface area contributed by atoms with E-state index in [2.05, 4.69) is 0 Å². The van der Waals surface area contributed by atoms with Crippen LogP contribution in [0.2, 0.25) is 0 Å². The number of hydrogen-bond donors (Lipinski definition) is 2. The molecule has 0 saturated carbocycles. The third kappa shape index (κ3) is 102. The predicted octanol–water partition coefficient (Wildman–Crippen LogP) is -1.82. The fourth-order valence-electron chi connectivity index (χ4n) is 0. The van der Waals surface area contributed by atoms with Gasteiger partial charge in [0, 0.05) is 0 Å². The molecule has 0 aromatic heterocycles. The van der Waals surface area contributed by atoms with E-state index in [4.69, 9.17) is 15.0 Å². The molecule has 0 fully saturated rings. The van der Waals surface area contributed by atoms with Crippen LogP contribution in [0.3, 0.4) is 0 Å². The molecule has 0 amide bonds. The molecule has 3 nitrogen and oxygen atoms in total. The molecule has 0 atom stereocenters. The molecule has 7 heavy (non-hydrogen) atoms. The SMILES string of the molecule is Cl.Cl.O=C(O)O.[H-].[K+]. The molecule has 0 aliphatic carbocycles. The van der Waals surface area contributed by atoms with Gasteiger partial charge in [0.2, 0.25) is 0 Å². The minimum absolute atomic E-state index is 0. The van der Waals surface area contributed by atoms with Crippen molar-refractivity contribution in [1.82, 2.24) is 0 Å². The summed E-state index contributed by atoms with van der Waals surface area (Å²) in [5, 5.41) is 13.9. The summed E-state index contributed by atoms with van der Waals surface area (Å²) in [5.74, 6) is 0. The summed E-state index contributed by atoms with van der Waals surface area (Å²) in [4.78, 5) is 8.56. The van der Waals surface area contributed by atoms with Gasteiger partial charge in [0.1, 0.15) is 0 Å². The average molecular weight is 175 g/mol. The Morgan fingerprint density at radius 2 is 1.29 bits per heavy atom. The average Bonchev–Trinajstić information content (AvgIpc) is 0.811. The van der Waals surface area contributed by atoms with E-state index in [9.17, 15) is 0 Å². The summed E-state index contributed by atoms with van der Waals surface area (Å²) < 4.78 is 0. The first kappa shape index (κ1) is 23.6. The van der Waals surface area contributed by atoms with E-state index in [1.165, 1.54) is 0 Å². The summed E-state index contributed by atoms with van der Waals surface area (Å²) in [6.45, 7) is 0. The van der Waals surface area contributed by atoms with Crippen molar-refractivity contribution < 1.29 is 67.8 Å². The van der Waals surface area contributed by atoms with Gasteiger partial charge in [0.05, 0.1) is 0 Å². The molecule has 42 valence electrons. The van der Waals surface area contributed by atoms with Gasteiger partial charge in [0.15, 0.2) is 0 Å². The summed E-state index contributed by atoms with van der Waals surface area (Å²) in [5.41, 5.74) is 0. The second-order valence-electron chi connectivity index (χ2n) is 0.283. The van der Waals surface area contributed by atoms with Crippen LogP contribution in [0.1, 0.15) is 1.43 Å². The Kier molecular flexibility index (Phi) is 52.8. The van der Waals surface area contributed by atoms with Crippen LogP contribution in [0.25, 0.3) is 0 Å². The Balaban J connectivity index is -0.00000000750. The van der Waals surface area contributed by atoms with Crippen molar-refractivity contribution in [1.29, 1.82) is 0 Å². The van der Waals surface area contributed by atoms with Gasteiger partial charge >= 0.3 is 57.5 Å². The fraction of sp³-hybridized carbons (Fsp3) is 0. The summed E-state index contributed by atoms with van der Waals surface area (Å²) in [6, 6.07) is 0. The van der Waals surface area contributed by atoms with Gasteiger partial charge in [0.25, 0.3) is 0 Å². The van der Waals surface area contributed by atoms with Crippen LogP contribution in [-0.2, 0) is 0 Å². The predicted molar refractivity (Wildman–Crippen MR) is 26.3 cm³/mol. The van der Waals surface area contributed by atoms with Crippen molar-refractivity contribution in [2.24, 2.45) is 0 Å². The maximum absolute atomic E-state index is 8.56. The standard InChI is InChI=1S/CH2O3.2ClH.K.H/c2-1(3)4;;;;/h(H2,2,3,4);2*1H;;/q;;;+1;-1. The molecule has 0 heterocycles. The van der Waals surface area contributed by atoms with Gasteiger partial charge < -0.3 is 11.6 Å². The second-order valence-corrected chi connectivity index (χ2v) is 0.283. The molecule has 0 unspecified atom stereocenters. The number of hydrogen-bond acceptors (Lipinski definition) is 1. The van der Waals surface area contributed by atoms with E-state index in [1.807, 2.05) is 0 Å². The van der Waals surface area contributed by atoms with Gasteiger partial charge in [-0.2, -0.15) is 0 Å². The third-order valence-electron chi connectivity index (χ3n) is 0. The number of carbonyl (C=O) groups is 1. The summed E-state index contributed by atoms with van der Waals surface area (Å²) in [7, 11) is 0. The number of carboxylic acid groups (broad SMARTS) is 2. The molecular formula is CH5Cl2KO3. The van der Waals surface area contributed by atoms with Crippen LogP contribution in [0, 0.1) is 0 Å². The molecule has 6 heteroatoms. The Bertz CT molecular complexity index is 40.3. The van der Waals surface area contributed by atoms with Crippen LogP contribution < -0.4 is 51.4 Å². The molecule has 0 spiro atoms. The summed E-state index contributed by atoms with van der Waals surface area (Å²) >= 11 is 0. The van der Waals surface area contributed by atoms with Crippen molar-refractivity contribution in [2.75, 3.05) is 0 Å². The van der Waals surface area contributed by atoms with Crippen molar-refractivity contribution in [3.05, 3.63) is 0 Å². The topological polar surface area (TPSA) is 57.5 Å². The van der Waals surface area contributed by atoms with Crippen LogP contribution in [-0.4, -0.2) is 16.4 Å². The quantitative estimate of drug-likeness (QED) is 0.426. The second kappa shape index (κ2) is 15.6. The van der Waals surface area contributed by atoms with E-state index in [-0.39, 0.29) is 77.6 Å². The minimum atomic E-state index is -1.83. The van der Waals surface area contributed by atoms with Gasteiger partial charge in [-0.25, -0.2) is 4.79 Å². The van der Waals surface area contributed by atoms with Gasteiger partial charge in [-0.3, -0.25) is 0 Å². The molecule has 0 aromatic rings. The number of halogens is 2. The molecule has 0 radical (unpaired) electrons. The Morgan fingerprint density at radius 3 is 1.29 bits per heavy atom. The van der Waals surface area contributed by atoms with E-state index in [0.29, 0.717) is 0 Å². The smallest absolute Gasteiger partial charge is 1.00 e. The van der Waals surface area contributed by atoms with Crippen LogP contribution in [0.15, 0.2) is 0 Å². The van der Waals surface area contributed by atoms with Gasteiger partial charge in [-0.1, -0.05) is 0 Å². The van der Waals surface area contributed by atoms with Crippen molar-refractivity contribution in [3.63, 3.8) is 0 Å². The first-order valence-electron chi connectivity index (χ1n) is 0.651. The van der Waals surface area contributed by atoms with Crippen molar-refractivity contribution in [2.45, 2.75) is 0 Å². The van der Waals surface area contributed by atoms with Crippen molar-refractivity contribution >= 4 is 31.0 Å². The molecule has 2 N–H and O–H groups in total. The molecule has 0 rings (SSSR count). The van der Waals surface area contributed by atoms with E-state index in [1.54, 1.807) is 0 Å². The zero-order chi connectivity index (χ0) is 3.58. The van der Waals surface area contributed by atoms with Crippen LogP contribution in [0.5, 0.6) is 0 Å². The molecule has 0 bridgehead atoms. The Morgan fingerprint density at radius 1 is 1.29 bits per heavy atom. The zero-order valence-electron chi connectivity index (χ0n) is 4.62. The van der Waals surface area contributed by atoms with E-state index >= 15 is 0 Å².